The summed E-state index contributed by atoms with van der Waals surface area (Å²) >= 11 is 0. The second-order valence-electron chi connectivity index (χ2n) is 8.66. The fraction of sp³-hybridized carbons (Fsp3) is 0.407. The molecule has 0 atom stereocenters. The van der Waals surface area contributed by atoms with Crippen LogP contribution in [0.25, 0.3) is 5.57 Å². The van der Waals surface area contributed by atoms with Crippen molar-refractivity contribution >= 4 is 23.1 Å². The molecule has 33 heavy (non-hydrogen) atoms. The molecule has 0 fully saturated rings. The van der Waals surface area contributed by atoms with Crippen LogP contribution < -0.4 is 9.64 Å². The van der Waals surface area contributed by atoms with Gasteiger partial charge in [0.2, 0.25) is 0 Å². The Hall–Kier alpha value is -3.12. The molecule has 0 aromatic heterocycles. The summed E-state index contributed by atoms with van der Waals surface area (Å²) in [7, 11) is 0. The van der Waals surface area contributed by atoms with Crippen LogP contribution in [-0.2, 0) is 20.7 Å². The standard InChI is InChI=1S/C27H32N2O4/c1-4-17-33-22-12-10-21(11-13-22)24-25(28-16-14-20-8-5-6-9-23(20)28)27(31)29(26(24)30)15-7-18-32-19(2)3/h5-6,8-13,19H,4,7,14-18H2,1-3H3. The summed E-state index contributed by atoms with van der Waals surface area (Å²) in [5.74, 6) is 0.280. The first kappa shape index (κ1) is 23.1. The molecule has 2 amide bonds. The maximum atomic E-state index is 13.6. The highest BCUT2D eigenvalue weighted by Gasteiger charge is 2.42. The van der Waals surface area contributed by atoms with E-state index in [0.29, 0.717) is 44.0 Å². The van der Waals surface area contributed by atoms with E-state index in [-0.39, 0.29) is 17.9 Å². The van der Waals surface area contributed by atoms with E-state index in [0.717, 1.165) is 29.8 Å². The van der Waals surface area contributed by atoms with Gasteiger partial charge in [0.15, 0.2) is 0 Å². The lowest BCUT2D eigenvalue weighted by atomic mass is 10.0. The van der Waals surface area contributed by atoms with Gasteiger partial charge in [0.05, 0.1) is 18.3 Å². The number of rotatable bonds is 10. The van der Waals surface area contributed by atoms with E-state index in [1.54, 1.807) is 0 Å². The van der Waals surface area contributed by atoms with Gasteiger partial charge in [-0.25, -0.2) is 0 Å². The van der Waals surface area contributed by atoms with Crippen molar-refractivity contribution in [2.24, 2.45) is 0 Å². The predicted octanol–water partition coefficient (Wildman–Crippen LogP) is 4.43. The number of imide groups is 1. The third-order valence-electron chi connectivity index (χ3n) is 5.89. The first-order valence-corrected chi connectivity index (χ1v) is 11.8. The number of carbonyl (C=O) groups excluding carboxylic acids is 2. The normalized spacial score (nSPS) is 15.8. The molecule has 6 nitrogen and oxygen atoms in total. The molecule has 0 unspecified atom stereocenters. The van der Waals surface area contributed by atoms with E-state index in [1.807, 2.05) is 61.2 Å². The topological polar surface area (TPSA) is 59.1 Å². The lowest BCUT2D eigenvalue weighted by Crippen LogP contribution is -2.36. The van der Waals surface area contributed by atoms with Crippen molar-refractivity contribution in [2.75, 3.05) is 31.2 Å². The van der Waals surface area contributed by atoms with E-state index in [9.17, 15) is 9.59 Å². The predicted molar refractivity (Wildman–Crippen MR) is 129 cm³/mol. The van der Waals surface area contributed by atoms with E-state index in [2.05, 4.69) is 13.0 Å². The Labute approximate surface area is 195 Å². The SMILES string of the molecule is CCCOc1ccc(C2=C(N3CCc4ccccc43)C(=O)N(CCCOC(C)C)C2=O)cc1. The highest BCUT2D eigenvalue weighted by Crippen LogP contribution is 2.38. The molecule has 2 aromatic carbocycles. The highest BCUT2D eigenvalue weighted by molar-refractivity contribution is 6.36. The number of carbonyl (C=O) groups is 2. The quantitative estimate of drug-likeness (QED) is 0.397. The molecule has 174 valence electrons. The van der Waals surface area contributed by atoms with Gasteiger partial charge in [-0.1, -0.05) is 37.3 Å². The molecule has 2 aromatic rings. The molecule has 0 aliphatic carbocycles. The number of para-hydroxylation sites is 1. The fourth-order valence-electron chi connectivity index (χ4n) is 4.33. The zero-order valence-electron chi connectivity index (χ0n) is 19.7. The Kier molecular flexibility index (Phi) is 7.14. The molecule has 2 aliphatic rings. The van der Waals surface area contributed by atoms with Crippen molar-refractivity contribution in [3.8, 4) is 5.75 Å². The van der Waals surface area contributed by atoms with E-state index in [1.165, 1.54) is 10.5 Å². The van der Waals surface area contributed by atoms with Gasteiger partial charge in [-0.2, -0.15) is 0 Å². The lowest BCUT2D eigenvalue weighted by molar-refractivity contribution is -0.137. The summed E-state index contributed by atoms with van der Waals surface area (Å²) in [4.78, 5) is 30.5. The van der Waals surface area contributed by atoms with E-state index in [4.69, 9.17) is 9.47 Å². The van der Waals surface area contributed by atoms with Crippen LogP contribution in [0.4, 0.5) is 5.69 Å². The molecule has 6 heteroatoms. The molecular weight excluding hydrogens is 416 g/mol. The Bertz CT molecular complexity index is 1040. The molecule has 0 saturated carbocycles. The average Bonchev–Trinajstić information content (AvgIpc) is 3.34. The van der Waals surface area contributed by atoms with Crippen LogP contribution in [0.1, 0.15) is 44.7 Å². The van der Waals surface area contributed by atoms with Gasteiger partial charge >= 0.3 is 0 Å². The molecular formula is C27H32N2O4. The fourth-order valence-corrected chi connectivity index (χ4v) is 4.33. The van der Waals surface area contributed by atoms with Crippen LogP contribution >= 0.6 is 0 Å². The molecule has 0 saturated heterocycles. The van der Waals surface area contributed by atoms with Gasteiger partial charge in [0, 0.05) is 25.4 Å². The number of hydrogen-bond donors (Lipinski definition) is 0. The number of benzene rings is 2. The monoisotopic (exact) mass is 448 g/mol. The zero-order valence-corrected chi connectivity index (χ0v) is 19.7. The smallest absolute Gasteiger partial charge is 0.278 e. The van der Waals surface area contributed by atoms with Gasteiger partial charge in [-0.05, 0) is 62.4 Å². The summed E-state index contributed by atoms with van der Waals surface area (Å²) in [6.07, 6.45) is 2.50. The largest absolute Gasteiger partial charge is 0.494 e. The van der Waals surface area contributed by atoms with Gasteiger partial charge in [0.25, 0.3) is 11.8 Å². The first-order chi connectivity index (χ1) is 16.0. The number of anilines is 1. The third kappa shape index (κ3) is 4.81. The van der Waals surface area contributed by atoms with Gasteiger partial charge in [0.1, 0.15) is 11.4 Å². The molecule has 2 heterocycles. The van der Waals surface area contributed by atoms with Gasteiger partial charge in [-0.3, -0.25) is 14.5 Å². The second-order valence-corrected chi connectivity index (χ2v) is 8.66. The Balaban J connectivity index is 1.66. The Morgan fingerprint density at radius 1 is 0.970 bits per heavy atom. The number of nitrogens with zero attached hydrogens (tertiary/aromatic N) is 2. The Morgan fingerprint density at radius 2 is 1.73 bits per heavy atom. The van der Waals surface area contributed by atoms with Crippen LogP contribution in [-0.4, -0.2) is 49.1 Å². The average molecular weight is 449 g/mol. The molecule has 2 aliphatic heterocycles. The van der Waals surface area contributed by atoms with E-state index < -0.39 is 0 Å². The van der Waals surface area contributed by atoms with Crippen LogP contribution in [0.3, 0.4) is 0 Å². The van der Waals surface area contributed by atoms with Crippen LogP contribution in [0.5, 0.6) is 5.75 Å². The van der Waals surface area contributed by atoms with Crippen molar-refractivity contribution in [2.45, 2.75) is 46.1 Å². The summed E-state index contributed by atoms with van der Waals surface area (Å²) in [5, 5.41) is 0. The molecule has 0 N–H and O–H groups in total. The third-order valence-corrected chi connectivity index (χ3v) is 5.89. The summed E-state index contributed by atoms with van der Waals surface area (Å²) < 4.78 is 11.3. The van der Waals surface area contributed by atoms with Gasteiger partial charge < -0.3 is 14.4 Å². The summed E-state index contributed by atoms with van der Waals surface area (Å²) in [5.41, 5.74) is 3.86. The number of fused-ring (bicyclic) bond motifs is 1. The van der Waals surface area contributed by atoms with Crippen LogP contribution in [0, 0.1) is 0 Å². The first-order valence-electron chi connectivity index (χ1n) is 11.8. The number of ether oxygens (including phenoxy) is 2. The molecule has 0 bridgehead atoms. The number of hydrogen-bond acceptors (Lipinski definition) is 5. The summed E-state index contributed by atoms with van der Waals surface area (Å²) in [6, 6.07) is 15.6. The minimum atomic E-state index is -0.244. The second kappa shape index (κ2) is 10.2. The minimum Gasteiger partial charge on any atom is -0.494 e. The van der Waals surface area contributed by atoms with Crippen molar-refractivity contribution in [1.82, 2.24) is 4.90 Å². The lowest BCUT2D eigenvalue weighted by Gasteiger charge is -2.22. The van der Waals surface area contributed by atoms with Crippen LogP contribution in [0.2, 0.25) is 0 Å². The maximum absolute atomic E-state index is 13.6. The van der Waals surface area contributed by atoms with Crippen molar-refractivity contribution in [1.29, 1.82) is 0 Å². The Morgan fingerprint density at radius 3 is 2.45 bits per heavy atom. The van der Waals surface area contributed by atoms with Gasteiger partial charge in [-0.15, -0.1) is 0 Å². The highest BCUT2D eigenvalue weighted by atomic mass is 16.5. The van der Waals surface area contributed by atoms with Crippen molar-refractivity contribution in [3.05, 3.63) is 65.4 Å². The molecule has 0 radical (unpaired) electrons. The minimum absolute atomic E-state index is 0.119. The van der Waals surface area contributed by atoms with Crippen LogP contribution in [0.15, 0.2) is 54.2 Å². The molecule has 0 spiro atoms. The van der Waals surface area contributed by atoms with Crippen molar-refractivity contribution < 1.29 is 19.1 Å². The molecule has 4 rings (SSSR count). The number of amides is 2. The van der Waals surface area contributed by atoms with E-state index >= 15 is 0 Å². The summed E-state index contributed by atoms with van der Waals surface area (Å²) in [6.45, 7) is 8.18. The zero-order chi connectivity index (χ0) is 23.4. The maximum Gasteiger partial charge on any atom is 0.278 e. The van der Waals surface area contributed by atoms with Crippen molar-refractivity contribution in [3.63, 3.8) is 0 Å².